The van der Waals surface area contributed by atoms with Gasteiger partial charge in [-0.2, -0.15) is 0 Å². The Morgan fingerprint density at radius 3 is 2.82 bits per heavy atom. The van der Waals surface area contributed by atoms with Crippen LogP contribution in [0.5, 0.6) is 0 Å². The number of amides is 1. The molecule has 0 spiro atoms. The molecule has 0 bridgehead atoms. The molecule has 1 N–H and O–H groups in total. The molecular weight excluding hydrogens is 446 g/mol. The summed E-state index contributed by atoms with van der Waals surface area (Å²) in [5.74, 6) is -0.353. The molecule has 0 saturated carbocycles. The number of anilines is 1. The maximum absolute atomic E-state index is 12.7. The number of pyridine rings is 1. The number of rotatable bonds is 5. The molecule has 0 fully saturated rings. The largest absolute Gasteiger partial charge is 0.463 e. The van der Waals surface area contributed by atoms with E-state index < -0.39 is 0 Å². The fourth-order valence-corrected chi connectivity index (χ4v) is 4.30. The highest BCUT2D eigenvalue weighted by Crippen LogP contribution is 2.29. The van der Waals surface area contributed by atoms with Crippen molar-refractivity contribution in [3.05, 3.63) is 106 Å². The number of nitrogens with zero attached hydrogens (tertiary/aromatic N) is 2. The van der Waals surface area contributed by atoms with Crippen molar-refractivity contribution >= 4 is 40.0 Å². The van der Waals surface area contributed by atoms with Gasteiger partial charge < -0.3 is 9.73 Å². The van der Waals surface area contributed by atoms with Gasteiger partial charge in [-0.3, -0.25) is 14.6 Å². The monoisotopic (exact) mass is 465 g/mol. The third kappa shape index (κ3) is 4.55. The average molecular weight is 466 g/mol. The first-order valence-corrected chi connectivity index (χ1v) is 11.4. The zero-order valence-electron chi connectivity index (χ0n) is 18.2. The molecule has 0 aliphatic rings. The fraction of sp³-hybridized carbons (Fsp3) is 0.0370. The second-order valence-corrected chi connectivity index (χ2v) is 8.53. The lowest BCUT2D eigenvalue weighted by molar-refractivity contribution is -0.111. The topological polar surface area (TPSA) is 85.1 Å². The van der Waals surface area contributed by atoms with Gasteiger partial charge >= 0.3 is 0 Å². The van der Waals surface area contributed by atoms with Crippen LogP contribution in [0, 0.1) is 6.92 Å². The van der Waals surface area contributed by atoms with Gasteiger partial charge in [-0.05, 0) is 49.4 Å². The Morgan fingerprint density at radius 1 is 1.06 bits per heavy atom. The van der Waals surface area contributed by atoms with Gasteiger partial charge in [0, 0.05) is 28.9 Å². The minimum atomic E-state index is -0.353. The number of carbonyl (C=O) groups excluding carboxylic acids is 1. The van der Waals surface area contributed by atoms with E-state index in [1.54, 1.807) is 24.4 Å². The quantitative estimate of drug-likeness (QED) is 0.325. The predicted octanol–water partition coefficient (Wildman–Crippen LogP) is 5.94. The van der Waals surface area contributed by atoms with Crippen LogP contribution < -0.4 is 10.7 Å². The van der Waals surface area contributed by atoms with Crippen molar-refractivity contribution in [3.8, 4) is 22.0 Å². The van der Waals surface area contributed by atoms with E-state index >= 15 is 0 Å². The molecule has 0 unspecified atom stereocenters. The van der Waals surface area contributed by atoms with E-state index in [0.717, 1.165) is 27.5 Å². The first-order chi connectivity index (χ1) is 16.6. The smallest absolute Gasteiger partial charge is 0.248 e. The molecule has 34 heavy (non-hydrogen) atoms. The molecule has 166 valence electrons. The maximum atomic E-state index is 12.7. The van der Waals surface area contributed by atoms with Gasteiger partial charge in [0.2, 0.25) is 5.91 Å². The van der Waals surface area contributed by atoms with Crippen molar-refractivity contribution in [3.63, 3.8) is 0 Å². The van der Waals surface area contributed by atoms with Crippen LogP contribution >= 0.6 is 11.3 Å². The van der Waals surface area contributed by atoms with Crippen LogP contribution in [0.1, 0.15) is 11.1 Å². The number of aromatic nitrogens is 2. The summed E-state index contributed by atoms with van der Waals surface area (Å²) in [6, 6.07) is 18.6. The highest BCUT2D eigenvalue weighted by Gasteiger charge is 2.09. The number of hydrogen-bond acceptors (Lipinski definition) is 6. The Kier molecular flexibility index (Phi) is 5.84. The van der Waals surface area contributed by atoms with Crippen LogP contribution in [-0.4, -0.2) is 15.9 Å². The Hall–Kier alpha value is -4.36. The SMILES string of the molecule is Cc1ccc2occ(/C=C/C(=O)Nc3cccc(-c4csc(-c5ccccn5)n4)c3)c(=O)c2c1. The molecule has 0 atom stereocenters. The van der Waals surface area contributed by atoms with Crippen LogP contribution in [-0.2, 0) is 4.79 Å². The highest BCUT2D eigenvalue weighted by atomic mass is 32.1. The van der Waals surface area contributed by atoms with Crippen LogP contribution in [0.2, 0.25) is 0 Å². The Morgan fingerprint density at radius 2 is 1.97 bits per heavy atom. The number of benzene rings is 2. The first kappa shape index (κ1) is 21.5. The third-order valence-electron chi connectivity index (χ3n) is 5.18. The Labute approximate surface area is 199 Å². The zero-order chi connectivity index (χ0) is 23.5. The third-order valence-corrected chi connectivity index (χ3v) is 6.05. The summed E-state index contributed by atoms with van der Waals surface area (Å²) >= 11 is 1.52. The summed E-state index contributed by atoms with van der Waals surface area (Å²) in [7, 11) is 0. The lowest BCUT2D eigenvalue weighted by Gasteiger charge is -2.04. The number of carbonyl (C=O) groups is 1. The van der Waals surface area contributed by atoms with E-state index in [-0.39, 0.29) is 11.3 Å². The van der Waals surface area contributed by atoms with Crippen molar-refractivity contribution in [1.82, 2.24) is 9.97 Å². The average Bonchev–Trinajstić information content (AvgIpc) is 3.35. The number of hydrogen-bond donors (Lipinski definition) is 1. The van der Waals surface area contributed by atoms with Gasteiger partial charge in [-0.1, -0.05) is 29.8 Å². The molecule has 6 nitrogen and oxygen atoms in total. The number of nitrogens with one attached hydrogen (secondary N) is 1. The maximum Gasteiger partial charge on any atom is 0.248 e. The van der Waals surface area contributed by atoms with Crippen molar-refractivity contribution in [2.24, 2.45) is 0 Å². The van der Waals surface area contributed by atoms with Crippen LogP contribution in [0.15, 0.2) is 93.8 Å². The summed E-state index contributed by atoms with van der Waals surface area (Å²) in [5.41, 5.74) is 4.75. The molecule has 5 rings (SSSR count). The van der Waals surface area contributed by atoms with E-state index in [1.165, 1.54) is 29.8 Å². The predicted molar refractivity (Wildman–Crippen MR) is 136 cm³/mol. The second kappa shape index (κ2) is 9.25. The molecule has 7 heteroatoms. The number of fused-ring (bicyclic) bond motifs is 1. The molecule has 1 amide bonds. The van der Waals surface area contributed by atoms with Crippen molar-refractivity contribution in [1.29, 1.82) is 0 Å². The van der Waals surface area contributed by atoms with Gasteiger partial charge in [-0.15, -0.1) is 11.3 Å². The zero-order valence-corrected chi connectivity index (χ0v) is 19.0. The normalized spacial score (nSPS) is 11.2. The van der Waals surface area contributed by atoms with E-state index in [1.807, 2.05) is 54.8 Å². The molecule has 0 saturated heterocycles. The van der Waals surface area contributed by atoms with Gasteiger partial charge in [0.25, 0.3) is 0 Å². The summed E-state index contributed by atoms with van der Waals surface area (Å²) in [6.45, 7) is 1.91. The van der Waals surface area contributed by atoms with E-state index in [4.69, 9.17) is 4.42 Å². The minimum Gasteiger partial charge on any atom is -0.463 e. The second-order valence-electron chi connectivity index (χ2n) is 7.68. The first-order valence-electron chi connectivity index (χ1n) is 10.6. The van der Waals surface area contributed by atoms with Gasteiger partial charge in [0.05, 0.1) is 22.3 Å². The van der Waals surface area contributed by atoms with Crippen LogP contribution in [0.3, 0.4) is 0 Å². The fourth-order valence-electron chi connectivity index (χ4n) is 3.49. The molecule has 0 aliphatic heterocycles. The van der Waals surface area contributed by atoms with E-state index in [9.17, 15) is 9.59 Å². The highest BCUT2D eigenvalue weighted by molar-refractivity contribution is 7.13. The molecule has 3 heterocycles. The van der Waals surface area contributed by atoms with E-state index in [0.29, 0.717) is 22.2 Å². The van der Waals surface area contributed by atoms with Gasteiger partial charge in [0.1, 0.15) is 16.9 Å². The minimum absolute atomic E-state index is 0.178. The lowest BCUT2D eigenvalue weighted by Crippen LogP contribution is -2.09. The molecule has 0 radical (unpaired) electrons. The summed E-state index contributed by atoms with van der Waals surface area (Å²) in [6.07, 6.45) is 5.89. The van der Waals surface area contributed by atoms with Crippen LogP contribution in [0.4, 0.5) is 5.69 Å². The number of thiazole rings is 1. The van der Waals surface area contributed by atoms with Crippen molar-refractivity contribution < 1.29 is 9.21 Å². The molecule has 5 aromatic rings. The molecule has 2 aromatic carbocycles. The summed E-state index contributed by atoms with van der Waals surface area (Å²) < 4.78 is 5.53. The summed E-state index contributed by atoms with van der Waals surface area (Å²) in [4.78, 5) is 34.2. The Balaban J connectivity index is 1.32. The van der Waals surface area contributed by atoms with Gasteiger partial charge in [-0.25, -0.2) is 4.98 Å². The molecule has 3 aromatic heterocycles. The summed E-state index contributed by atoms with van der Waals surface area (Å²) in [5, 5.41) is 6.12. The lowest BCUT2D eigenvalue weighted by atomic mass is 10.1. The molecular formula is C27H19N3O3S. The standard InChI is InChI=1S/C27H19N3O3S/c1-17-8-10-24-21(13-17)26(32)19(15-33-24)9-11-25(31)29-20-6-4-5-18(14-20)23-16-34-27(30-23)22-7-2-3-12-28-22/h2-16H,1H3,(H,29,31)/b11-9+. The van der Waals surface area contributed by atoms with Crippen molar-refractivity contribution in [2.75, 3.05) is 5.32 Å². The van der Waals surface area contributed by atoms with Gasteiger partial charge in [0.15, 0.2) is 5.43 Å². The Bertz CT molecular complexity index is 1590. The van der Waals surface area contributed by atoms with Crippen LogP contribution in [0.25, 0.3) is 39.0 Å². The van der Waals surface area contributed by atoms with E-state index in [2.05, 4.69) is 15.3 Å². The molecule has 0 aliphatic carbocycles. The number of aryl methyl sites for hydroxylation is 1. The van der Waals surface area contributed by atoms with Crippen molar-refractivity contribution in [2.45, 2.75) is 6.92 Å².